The van der Waals surface area contributed by atoms with E-state index >= 15 is 0 Å². The van der Waals surface area contributed by atoms with Crippen LogP contribution in [0, 0.1) is 5.92 Å². The highest BCUT2D eigenvalue weighted by atomic mass is 16.5. The smallest absolute Gasteiger partial charge is 0.339 e. The van der Waals surface area contributed by atoms with Crippen LogP contribution in [0.4, 0.5) is 0 Å². The molecule has 6 heteroatoms. The number of ether oxygens (including phenoxy) is 3. The minimum Gasteiger partial charge on any atom is -0.435 e. The summed E-state index contributed by atoms with van der Waals surface area (Å²) in [5.41, 5.74) is -0.190. The summed E-state index contributed by atoms with van der Waals surface area (Å²) < 4.78 is 14.3. The molecule has 0 aromatic carbocycles. The molecule has 0 saturated carbocycles. The SMILES string of the molecule is C=C(C(=O)O/C=C/C)C(CC(=O)O/C=C/C)C(=O)O/C=C/C. The van der Waals surface area contributed by atoms with Crippen molar-refractivity contribution in [3.05, 3.63) is 49.2 Å². The maximum atomic E-state index is 11.9. The molecule has 120 valence electrons. The van der Waals surface area contributed by atoms with Crippen LogP contribution in [0.15, 0.2) is 49.2 Å². The number of carbonyl (C=O) groups is 3. The Morgan fingerprint density at radius 2 is 1.41 bits per heavy atom. The van der Waals surface area contributed by atoms with E-state index in [4.69, 9.17) is 14.2 Å². The number of rotatable bonds is 8. The van der Waals surface area contributed by atoms with Crippen LogP contribution in [0.5, 0.6) is 0 Å². The fraction of sp³-hybridized carbons (Fsp3) is 0.312. The Hall–Kier alpha value is -2.63. The Labute approximate surface area is 129 Å². The van der Waals surface area contributed by atoms with Crippen LogP contribution in [0.2, 0.25) is 0 Å². The average molecular weight is 308 g/mol. The van der Waals surface area contributed by atoms with Gasteiger partial charge in [-0.2, -0.15) is 0 Å². The van der Waals surface area contributed by atoms with Crippen molar-refractivity contribution >= 4 is 17.9 Å². The Kier molecular flexibility index (Phi) is 9.75. The molecule has 0 saturated heterocycles. The van der Waals surface area contributed by atoms with Gasteiger partial charge >= 0.3 is 17.9 Å². The van der Waals surface area contributed by atoms with Gasteiger partial charge in [-0.1, -0.05) is 24.8 Å². The summed E-state index contributed by atoms with van der Waals surface area (Å²) in [6.45, 7) is 8.48. The van der Waals surface area contributed by atoms with Gasteiger partial charge in [-0.25, -0.2) is 4.79 Å². The van der Waals surface area contributed by atoms with Crippen LogP contribution in [0.25, 0.3) is 0 Å². The van der Waals surface area contributed by atoms with Gasteiger partial charge in [-0.15, -0.1) is 0 Å². The maximum Gasteiger partial charge on any atom is 0.339 e. The monoisotopic (exact) mass is 308 g/mol. The molecule has 22 heavy (non-hydrogen) atoms. The van der Waals surface area contributed by atoms with E-state index in [1.54, 1.807) is 20.8 Å². The van der Waals surface area contributed by atoms with Crippen molar-refractivity contribution in [1.82, 2.24) is 0 Å². The third kappa shape index (κ3) is 7.23. The number of allylic oxidation sites excluding steroid dienone is 3. The summed E-state index contributed by atoms with van der Waals surface area (Å²) in [5.74, 6) is -3.50. The molecular weight excluding hydrogens is 288 g/mol. The zero-order valence-corrected chi connectivity index (χ0v) is 12.9. The van der Waals surface area contributed by atoms with Crippen molar-refractivity contribution in [2.24, 2.45) is 5.92 Å². The van der Waals surface area contributed by atoms with Crippen LogP contribution in [-0.4, -0.2) is 17.9 Å². The van der Waals surface area contributed by atoms with Gasteiger partial charge in [0.05, 0.1) is 31.1 Å². The summed E-state index contributed by atoms with van der Waals surface area (Å²) in [5, 5.41) is 0. The molecule has 0 aliphatic carbocycles. The summed E-state index contributed by atoms with van der Waals surface area (Å²) in [4.78, 5) is 35.3. The molecule has 0 N–H and O–H groups in total. The van der Waals surface area contributed by atoms with Gasteiger partial charge in [0, 0.05) is 5.57 Å². The highest BCUT2D eigenvalue weighted by Gasteiger charge is 2.31. The van der Waals surface area contributed by atoms with E-state index in [1.807, 2.05) is 0 Å². The first-order valence-corrected chi connectivity index (χ1v) is 6.61. The zero-order valence-electron chi connectivity index (χ0n) is 12.9. The van der Waals surface area contributed by atoms with Crippen molar-refractivity contribution in [1.29, 1.82) is 0 Å². The Balaban J connectivity index is 5.06. The maximum absolute atomic E-state index is 11.9. The number of carbonyl (C=O) groups excluding carboxylic acids is 3. The number of hydrogen-bond donors (Lipinski definition) is 0. The lowest BCUT2D eigenvalue weighted by Gasteiger charge is -2.14. The fourth-order valence-corrected chi connectivity index (χ4v) is 1.27. The molecule has 0 amide bonds. The molecule has 1 unspecified atom stereocenters. The Morgan fingerprint density at radius 3 is 1.95 bits per heavy atom. The summed E-state index contributed by atoms with van der Waals surface area (Å²) in [7, 11) is 0. The van der Waals surface area contributed by atoms with Gasteiger partial charge in [0.15, 0.2) is 0 Å². The second-order valence-electron chi connectivity index (χ2n) is 4.02. The molecule has 0 fully saturated rings. The van der Waals surface area contributed by atoms with E-state index in [1.165, 1.54) is 24.5 Å². The molecule has 6 nitrogen and oxygen atoms in total. The molecule has 1 atom stereocenters. The fourth-order valence-electron chi connectivity index (χ4n) is 1.27. The van der Waals surface area contributed by atoms with Crippen molar-refractivity contribution in [3.63, 3.8) is 0 Å². The summed E-state index contributed by atoms with van der Waals surface area (Å²) >= 11 is 0. The molecule has 0 aromatic rings. The summed E-state index contributed by atoms with van der Waals surface area (Å²) in [6, 6.07) is 0. The molecule has 0 aromatic heterocycles. The first-order valence-electron chi connectivity index (χ1n) is 6.61. The van der Waals surface area contributed by atoms with Gasteiger partial charge in [0.2, 0.25) is 0 Å². The van der Waals surface area contributed by atoms with Gasteiger partial charge in [0.25, 0.3) is 0 Å². The average Bonchev–Trinajstić information content (AvgIpc) is 2.52. The van der Waals surface area contributed by atoms with Gasteiger partial charge in [0.1, 0.15) is 0 Å². The zero-order chi connectivity index (χ0) is 17.0. The van der Waals surface area contributed by atoms with E-state index in [0.29, 0.717) is 0 Å². The minimum absolute atomic E-state index is 0.190. The van der Waals surface area contributed by atoms with E-state index in [9.17, 15) is 14.4 Å². The van der Waals surface area contributed by atoms with Crippen LogP contribution >= 0.6 is 0 Å². The van der Waals surface area contributed by atoms with Crippen LogP contribution in [0.1, 0.15) is 27.2 Å². The molecular formula is C16H20O6. The second-order valence-corrected chi connectivity index (χ2v) is 4.02. The first kappa shape index (κ1) is 19.4. The quantitative estimate of drug-likeness (QED) is 0.297. The van der Waals surface area contributed by atoms with Crippen LogP contribution in [-0.2, 0) is 28.6 Å². The lowest BCUT2D eigenvalue weighted by Crippen LogP contribution is -2.26. The lowest BCUT2D eigenvalue weighted by atomic mass is 9.97. The van der Waals surface area contributed by atoms with Crippen molar-refractivity contribution < 1.29 is 28.6 Å². The van der Waals surface area contributed by atoms with Gasteiger partial charge in [-0.3, -0.25) is 9.59 Å². The molecule has 0 bridgehead atoms. The molecule has 0 radical (unpaired) electrons. The third-order valence-corrected chi connectivity index (χ3v) is 2.31. The standard InChI is InChI=1S/C16H20O6/c1-5-8-20-14(17)11-13(16(19)22-10-7-3)12(4)15(18)21-9-6-2/h5-10,13H,4,11H2,1-3H3/b8-5+,9-6+,10-7+. The normalized spacial score (nSPS) is 12.5. The second kappa shape index (κ2) is 11.1. The van der Waals surface area contributed by atoms with E-state index < -0.39 is 23.8 Å². The minimum atomic E-state index is -1.19. The topological polar surface area (TPSA) is 78.9 Å². The molecule has 0 aliphatic heterocycles. The highest BCUT2D eigenvalue weighted by molar-refractivity contribution is 5.97. The van der Waals surface area contributed by atoms with E-state index in [2.05, 4.69) is 6.58 Å². The Bertz CT molecular complexity index is 499. The highest BCUT2D eigenvalue weighted by Crippen LogP contribution is 2.19. The number of esters is 3. The summed E-state index contributed by atoms with van der Waals surface area (Å²) in [6.07, 6.45) is 7.60. The Morgan fingerprint density at radius 1 is 0.909 bits per heavy atom. The van der Waals surface area contributed by atoms with Crippen LogP contribution in [0.3, 0.4) is 0 Å². The van der Waals surface area contributed by atoms with Gasteiger partial charge < -0.3 is 14.2 Å². The van der Waals surface area contributed by atoms with Crippen molar-refractivity contribution in [2.75, 3.05) is 0 Å². The van der Waals surface area contributed by atoms with Crippen molar-refractivity contribution in [3.8, 4) is 0 Å². The molecule has 0 heterocycles. The van der Waals surface area contributed by atoms with Crippen molar-refractivity contribution in [2.45, 2.75) is 27.2 Å². The van der Waals surface area contributed by atoms with E-state index in [0.717, 1.165) is 12.5 Å². The van der Waals surface area contributed by atoms with Crippen LogP contribution < -0.4 is 0 Å². The number of hydrogen-bond acceptors (Lipinski definition) is 6. The third-order valence-electron chi connectivity index (χ3n) is 2.31. The first-order chi connectivity index (χ1) is 10.5. The molecule has 0 aliphatic rings. The molecule has 0 rings (SSSR count). The predicted octanol–water partition coefficient (Wildman–Crippen LogP) is 2.78. The predicted molar refractivity (Wildman–Crippen MR) is 80.0 cm³/mol. The largest absolute Gasteiger partial charge is 0.435 e. The van der Waals surface area contributed by atoms with Gasteiger partial charge in [-0.05, 0) is 20.8 Å². The lowest BCUT2D eigenvalue weighted by molar-refractivity contribution is -0.149. The molecule has 0 spiro atoms. The van der Waals surface area contributed by atoms with E-state index in [-0.39, 0.29) is 12.0 Å².